The Balaban J connectivity index is 1.57. The smallest absolute Gasteiger partial charge is 0.193 e. The number of piperidine rings is 1. The number of likely N-dealkylation sites (tertiary alicyclic amines) is 1. The van der Waals surface area contributed by atoms with Crippen molar-refractivity contribution >= 4 is 5.96 Å². The largest absolute Gasteiger partial charge is 0.378 e. The van der Waals surface area contributed by atoms with Gasteiger partial charge >= 0.3 is 0 Å². The van der Waals surface area contributed by atoms with Gasteiger partial charge < -0.3 is 15.0 Å². The highest BCUT2D eigenvalue weighted by molar-refractivity contribution is 5.80. The van der Waals surface area contributed by atoms with Crippen LogP contribution in [0.5, 0.6) is 0 Å². The molecule has 0 amide bonds. The van der Waals surface area contributed by atoms with Gasteiger partial charge in [-0.15, -0.1) is 0 Å². The molecule has 1 aliphatic carbocycles. The van der Waals surface area contributed by atoms with E-state index in [9.17, 15) is 0 Å². The van der Waals surface area contributed by atoms with Gasteiger partial charge in [0.25, 0.3) is 0 Å². The van der Waals surface area contributed by atoms with Crippen molar-refractivity contribution in [1.29, 1.82) is 0 Å². The lowest BCUT2D eigenvalue weighted by molar-refractivity contribution is 0.0262. The Morgan fingerprint density at radius 3 is 2.50 bits per heavy atom. The maximum atomic E-state index is 5.76. The van der Waals surface area contributed by atoms with Gasteiger partial charge in [0.2, 0.25) is 0 Å². The molecule has 2 fully saturated rings. The molecule has 132 valence electrons. The van der Waals surface area contributed by atoms with Gasteiger partial charge in [0.15, 0.2) is 5.96 Å². The van der Waals surface area contributed by atoms with E-state index in [1.807, 2.05) is 7.05 Å². The third kappa shape index (κ3) is 3.75. The van der Waals surface area contributed by atoms with Crippen LogP contribution in [-0.4, -0.2) is 50.3 Å². The zero-order chi connectivity index (χ0) is 16.8. The molecule has 24 heavy (non-hydrogen) atoms. The second kappa shape index (κ2) is 8.02. The summed E-state index contributed by atoms with van der Waals surface area (Å²) in [5.41, 5.74) is 1.76. The number of aliphatic imine (C=N–C) groups is 1. The number of ether oxygens (including phenoxy) is 1. The molecule has 1 N–H and O–H groups in total. The molecule has 0 atom stereocenters. The predicted octanol–water partition coefficient (Wildman–Crippen LogP) is 3.18. The van der Waals surface area contributed by atoms with Gasteiger partial charge in [0.1, 0.15) is 0 Å². The first-order valence-corrected chi connectivity index (χ1v) is 9.40. The maximum absolute atomic E-state index is 5.76. The van der Waals surface area contributed by atoms with Crippen LogP contribution in [0, 0.1) is 0 Å². The molecule has 2 aliphatic rings. The first-order chi connectivity index (χ1) is 11.8. The molecule has 1 aliphatic heterocycles. The van der Waals surface area contributed by atoms with E-state index in [0.29, 0.717) is 11.5 Å². The minimum Gasteiger partial charge on any atom is -0.378 e. The Kier molecular flexibility index (Phi) is 5.77. The Morgan fingerprint density at radius 2 is 1.96 bits per heavy atom. The highest BCUT2D eigenvalue weighted by atomic mass is 16.5. The van der Waals surface area contributed by atoms with Crippen molar-refractivity contribution in [3.8, 4) is 0 Å². The predicted molar refractivity (Wildman–Crippen MR) is 99.6 cm³/mol. The number of hydrogen-bond acceptors (Lipinski definition) is 2. The third-order valence-corrected chi connectivity index (χ3v) is 5.64. The van der Waals surface area contributed by atoms with Crippen LogP contribution in [0.25, 0.3) is 0 Å². The molecule has 0 radical (unpaired) electrons. The molecule has 1 saturated heterocycles. The molecule has 0 spiro atoms. The third-order valence-electron chi connectivity index (χ3n) is 5.64. The second-order valence-electron chi connectivity index (χ2n) is 7.04. The molecule has 4 heteroatoms. The highest BCUT2D eigenvalue weighted by Gasteiger charge is 2.38. The van der Waals surface area contributed by atoms with E-state index in [0.717, 1.165) is 45.0 Å². The maximum Gasteiger partial charge on any atom is 0.193 e. The number of nitrogens with zero attached hydrogens (tertiary/aromatic N) is 2. The summed E-state index contributed by atoms with van der Waals surface area (Å²) in [6.45, 7) is 5.94. The highest BCUT2D eigenvalue weighted by Crippen LogP contribution is 2.43. The zero-order valence-corrected chi connectivity index (χ0v) is 15.1. The fraction of sp³-hybridized carbons (Fsp3) is 0.650. The Labute approximate surface area is 146 Å². The Morgan fingerprint density at radius 1 is 1.25 bits per heavy atom. The molecule has 1 aromatic carbocycles. The Hall–Kier alpha value is -1.55. The normalized spacial score (nSPS) is 21.4. The minimum absolute atomic E-state index is 0.293. The minimum atomic E-state index is 0.293. The lowest BCUT2D eigenvalue weighted by atomic mass is 9.64. The molecule has 4 nitrogen and oxygen atoms in total. The van der Waals surface area contributed by atoms with Crippen molar-refractivity contribution in [2.45, 2.75) is 50.5 Å². The van der Waals surface area contributed by atoms with E-state index in [-0.39, 0.29) is 0 Å². The van der Waals surface area contributed by atoms with Gasteiger partial charge in [-0.2, -0.15) is 0 Å². The van der Waals surface area contributed by atoms with E-state index in [2.05, 4.69) is 52.5 Å². The quantitative estimate of drug-likeness (QED) is 0.666. The van der Waals surface area contributed by atoms with E-state index in [1.54, 1.807) is 0 Å². The van der Waals surface area contributed by atoms with Crippen molar-refractivity contribution in [2.24, 2.45) is 4.99 Å². The van der Waals surface area contributed by atoms with Gasteiger partial charge in [0.05, 0.1) is 6.10 Å². The lowest BCUT2D eigenvalue weighted by Gasteiger charge is -2.44. The monoisotopic (exact) mass is 329 g/mol. The summed E-state index contributed by atoms with van der Waals surface area (Å²) < 4.78 is 5.76. The summed E-state index contributed by atoms with van der Waals surface area (Å²) >= 11 is 0. The van der Waals surface area contributed by atoms with Crippen molar-refractivity contribution in [3.63, 3.8) is 0 Å². The van der Waals surface area contributed by atoms with Crippen molar-refractivity contribution < 1.29 is 4.74 Å². The topological polar surface area (TPSA) is 36.9 Å². The number of hydrogen-bond donors (Lipinski definition) is 1. The fourth-order valence-electron chi connectivity index (χ4n) is 4.01. The van der Waals surface area contributed by atoms with Crippen LogP contribution in [0.3, 0.4) is 0 Å². The molecule has 0 aromatic heterocycles. The molecule has 0 bridgehead atoms. The first-order valence-electron chi connectivity index (χ1n) is 9.40. The van der Waals surface area contributed by atoms with Crippen LogP contribution < -0.4 is 5.32 Å². The summed E-state index contributed by atoms with van der Waals surface area (Å²) in [7, 11) is 1.90. The van der Waals surface area contributed by atoms with E-state index < -0.39 is 0 Å². The second-order valence-corrected chi connectivity index (χ2v) is 7.04. The molecule has 1 aromatic rings. The average Bonchev–Trinajstić information content (AvgIpc) is 2.59. The molecule has 1 heterocycles. The van der Waals surface area contributed by atoms with Gasteiger partial charge in [-0.3, -0.25) is 4.99 Å². The summed E-state index contributed by atoms with van der Waals surface area (Å²) in [5, 5.41) is 3.66. The number of guanidine groups is 1. The lowest BCUT2D eigenvalue weighted by Crippen LogP contribution is -2.52. The van der Waals surface area contributed by atoms with Crippen molar-refractivity contribution in [2.75, 3.05) is 33.3 Å². The Bertz CT molecular complexity index is 531. The van der Waals surface area contributed by atoms with Gasteiger partial charge in [0, 0.05) is 38.7 Å². The zero-order valence-electron chi connectivity index (χ0n) is 15.1. The molecule has 3 rings (SSSR count). The van der Waals surface area contributed by atoms with E-state index in [1.165, 1.54) is 24.8 Å². The van der Waals surface area contributed by atoms with Crippen LogP contribution in [0.1, 0.15) is 44.6 Å². The van der Waals surface area contributed by atoms with Crippen molar-refractivity contribution in [3.05, 3.63) is 35.9 Å². The average molecular weight is 329 g/mol. The number of nitrogens with one attached hydrogen (secondary N) is 1. The number of benzene rings is 1. The van der Waals surface area contributed by atoms with Crippen LogP contribution in [-0.2, 0) is 10.2 Å². The van der Waals surface area contributed by atoms with Crippen LogP contribution >= 0.6 is 0 Å². The van der Waals surface area contributed by atoms with Crippen molar-refractivity contribution in [1.82, 2.24) is 10.2 Å². The van der Waals surface area contributed by atoms with Gasteiger partial charge in [-0.1, -0.05) is 36.8 Å². The fourth-order valence-corrected chi connectivity index (χ4v) is 4.01. The summed E-state index contributed by atoms with van der Waals surface area (Å²) in [6.07, 6.45) is 6.48. The first kappa shape index (κ1) is 17.3. The molecular formula is C20H31N3O. The molecule has 1 saturated carbocycles. The summed E-state index contributed by atoms with van der Waals surface area (Å²) in [5.74, 6) is 1.05. The molecule has 0 unspecified atom stereocenters. The number of rotatable bonds is 5. The SMILES string of the molecule is CCOC1CCN(C(=NC)NCC2(c3ccccc3)CCC2)CC1. The van der Waals surface area contributed by atoms with E-state index in [4.69, 9.17) is 4.74 Å². The van der Waals surface area contributed by atoms with Crippen LogP contribution in [0.4, 0.5) is 0 Å². The van der Waals surface area contributed by atoms with Crippen LogP contribution in [0.15, 0.2) is 35.3 Å². The molecular weight excluding hydrogens is 298 g/mol. The van der Waals surface area contributed by atoms with Gasteiger partial charge in [-0.25, -0.2) is 0 Å². The van der Waals surface area contributed by atoms with Gasteiger partial charge in [-0.05, 0) is 38.2 Å². The van der Waals surface area contributed by atoms with Crippen LogP contribution in [0.2, 0.25) is 0 Å². The summed E-state index contributed by atoms with van der Waals surface area (Å²) in [6, 6.07) is 11.0. The standard InChI is InChI=1S/C20H31N3O/c1-3-24-18-10-14-23(15-11-18)19(21-2)22-16-20(12-7-13-20)17-8-5-4-6-9-17/h4-6,8-9,18H,3,7,10-16H2,1-2H3,(H,21,22). The van der Waals surface area contributed by atoms with E-state index >= 15 is 0 Å². The summed E-state index contributed by atoms with van der Waals surface area (Å²) in [4.78, 5) is 6.91.